The highest BCUT2D eigenvalue weighted by Gasteiger charge is 2.76. The van der Waals surface area contributed by atoms with Crippen molar-refractivity contribution in [3.8, 4) is 5.75 Å². The lowest BCUT2D eigenvalue weighted by molar-refractivity contribution is -0.460. The Balaban J connectivity index is 2.87. The number of ether oxygens (including phenoxy) is 2. The van der Waals surface area contributed by atoms with Gasteiger partial charge in [0, 0.05) is 5.69 Å². The van der Waals surface area contributed by atoms with Crippen LogP contribution in [0.25, 0.3) is 0 Å². The maximum absolute atomic E-state index is 13.4. The number of nitrogens with one attached hydrogen (secondary N) is 1. The Morgan fingerprint density at radius 2 is 1.46 bits per heavy atom. The van der Waals surface area contributed by atoms with Crippen LogP contribution in [0.3, 0.4) is 0 Å². The molecule has 0 heterocycles. The Kier molecular flexibility index (Phi) is 6.75. The molecule has 0 aliphatic rings. The van der Waals surface area contributed by atoms with Gasteiger partial charge in [0.2, 0.25) is 0 Å². The molecule has 0 saturated heterocycles. The van der Waals surface area contributed by atoms with E-state index in [-0.39, 0.29) is 5.69 Å². The van der Waals surface area contributed by atoms with Crippen LogP contribution < -0.4 is 10.1 Å². The minimum absolute atomic E-state index is 0.150. The fourth-order valence-electron chi connectivity index (χ4n) is 1.44. The summed E-state index contributed by atoms with van der Waals surface area (Å²) in [6.07, 6.45) is -23.8. The molecule has 1 atom stereocenters. The summed E-state index contributed by atoms with van der Waals surface area (Å²) in [5.41, 5.74) is -0.150. The van der Waals surface area contributed by atoms with Crippen molar-refractivity contribution in [2.24, 2.45) is 0 Å². The van der Waals surface area contributed by atoms with E-state index in [1.807, 2.05) is 5.32 Å². The second-order valence-corrected chi connectivity index (χ2v) is 4.89. The first kappa shape index (κ1) is 23.7. The third-order valence-corrected chi connectivity index (χ3v) is 2.75. The fourth-order valence-corrected chi connectivity index (χ4v) is 1.44. The number of carbonyl (C=O) groups is 1. The van der Waals surface area contributed by atoms with Crippen molar-refractivity contribution in [1.82, 2.24) is 0 Å². The summed E-state index contributed by atoms with van der Waals surface area (Å²) in [6, 6.07) is 2.83. The van der Waals surface area contributed by atoms with Gasteiger partial charge in [0.25, 0.3) is 5.91 Å². The molecule has 160 valence electrons. The number of hydrogen-bond donors (Lipinski definition) is 1. The first-order chi connectivity index (χ1) is 12.5. The molecule has 0 spiro atoms. The van der Waals surface area contributed by atoms with E-state index in [0.29, 0.717) is 12.1 Å². The molecule has 4 nitrogen and oxygen atoms in total. The summed E-state index contributed by atoms with van der Waals surface area (Å²) >= 11 is 0. The Hall–Kier alpha value is -2.32. The fraction of sp³-hybridized carbons (Fsp3) is 0.462. The van der Waals surface area contributed by atoms with Gasteiger partial charge in [-0.1, -0.05) is 0 Å². The molecule has 0 saturated carbocycles. The van der Waals surface area contributed by atoms with Gasteiger partial charge in [-0.15, -0.1) is 0 Å². The summed E-state index contributed by atoms with van der Waals surface area (Å²) < 4.78 is 144. The number of alkyl halides is 11. The molecule has 1 N–H and O–H groups in total. The topological polar surface area (TPSA) is 47.6 Å². The van der Waals surface area contributed by atoms with Gasteiger partial charge >= 0.3 is 30.7 Å². The molecule has 1 unspecified atom stereocenters. The van der Waals surface area contributed by atoms with Crippen LogP contribution in [0, 0.1) is 0 Å². The molecule has 0 aliphatic carbocycles. The first-order valence-electron chi connectivity index (χ1n) is 6.70. The van der Waals surface area contributed by atoms with Crippen molar-refractivity contribution in [2.45, 2.75) is 30.7 Å². The van der Waals surface area contributed by atoms with Crippen LogP contribution in [0.4, 0.5) is 54.0 Å². The van der Waals surface area contributed by atoms with E-state index < -0.39 is 49.0 Å². The second kappa shape index (κ2) is 7.97. The Labute approximate surface area is 148 Å². The maximum Gasteiger partial charge on any atom is 0.462 e. The molecule has 0 aromatic heterocycles. The van der Waals surface area contributed by atoms with E-state index in [1.165, 1.54) is 0 Å². The zero-order valence-corrected chi connectivity index (χ0v) is 13.0. The number of benzene rings is 1. The van der Waals surface area contributed by atoms with Gasteiger partial charge in [-0.25, -0.2) is 8.78 Å². The van der Waals surface area contributed by atoms with Crippen molar-refractivity contribution in [1.29, 1.82) is 0 Å². The lowest BCUT2D eigenvalue weighted by Gasteiger charge is -2.30. The minimum atomic E-state index is -6.98. The normalized spacial score (nSPS) is 14.5. The monoisotopic (exact) mass is 435 g/mol. The van der Waals surface area contributed by atoms with E-state index in [0.717, 1.165) is 12.1 Å². The third-order valence-electron chi connectivity index (χ3n) is 2.75. The average Bonchev–Trinajstić information content (AvgIpc) is 2.54. The van der Waals surface area contributed by atoms with Gasteiger partial charge in [-0.05, 0) is 24.3 Å². The number of anilines is 1. The molecule has 15 heteroatoms. The highest BCUT2D eigenvalue weighted by Crippen LogP contribution is 2.48. The zero-order chi connectivity index (χ0) is 22.0. The van der Waals surface area contributed by atoms with Crippen molar-refractivity contribution in [2.75, 3.05) is 12.0 Å². The van der Waals surface area contributed by atoms with Gasteiger partial charge in [0.05, 0.1) is 0 Å². The molecular formula is C13H8F11NO3. The SMILES string of the molecule is O=C(CF)Nc1ccc(OC(F)(F)C(F)OC(F)(F)C(F)(F)C(F)(F)F)cc1. The molecule has 1 aromatic carbocycles. The lowest BCUT2D eigenvalue weighted by Crippen LogP contribution is -2.56. The summed E-state index contributed by atoms with van der Waals surface area (Å²) in [5, 5.41) is 1.92. The maximum atomic E-state index is 13.4. The molecule has 1 aromatic rings. The molecule has 0 radical (unpaired) electrons. The number of carbonyl (C=O) groups excluding carboxylic acids is 1. The summed E-state index contributed by atoms with van der Waals surface area (Å²) in [4.78, 5) is 10.8. The van der Waals surface area contributed by atoms with Gasteiger partial charge in [-0.2, -0.15) is 39.5 Å². The minimum Gasteiger partial charge on any atom is -0.429 e. The largest absolute Gasteiger partial charge is 0.462 e. The van der Waals surface area contributed by atoms with Crippen LogP contribution in [0.2, 0.25) is 0 Å². The van der Waals surface area contributed by atoms with Crippen LogP contribution in [-0.2, 0) is 9.53 Å². The van der Waals surface area contributed by atoms with E-state index in [4.69, 9.17) is 0 Å². The van der Waals surface area contributed by atoms with Crippen LogP contribution in [0.1, 0.15) is 0 Å². The molecule has 0 bridgehead atoms. The second-order valence-electron chi connectivity index (χ2n) is 4.89. The molecule has 0 fully saturated rings. The van der Waals surface area contributed by atoms with Crippen LogP contribution in [-0.4, -0.2) is 43.3 Å². The van der Waals surface area contributed by atoms with Crippen molar-refractivity contribution >= 4 is 11.6 Å². The molecule has 1 rings (SSSR count). The lowest BCUT2D eigenvalue weighted by atomic mass is 10.3. The summed E-state index contributed by atoms with van der Waals surface area (Å²) in [5.74, 6) is -9.08. The first-order valence-corrected chi connectivity index (χ1v) is 6.70. The predicted molar refractivity (Wildman–Crippen MR) is 68.6 cm³/mol. The van der Waals surface area contributed by atoms with Crippen molar-refractivity contribution < 1.29 is 62.6 Å². The van der Waals surface area contributed by atoms with E-state index in [9.17, 15) is 53.1 Å². The van der Waals surface area contributed by atoms with E-state index in [2.05, 4.69) is 9.47 Å². The number of hydrogen-bond acceptors (Lipinski definition) is 3. The van der Waals surface area contributed by atoms with Gasteiger partial charge in [0.15, 0.2) is 6.67 Å². The van der Waals surface area contributed by atoms with Gasteiger partial charge in [0.1, 0.15) is 5.75 Å². The quantitative estimate of drug-likeness (QED) is 0.604. The molecular weight excluding hydrogens is 427 g/mol. The van der Waals surface area contributed by atoms with Crippen LogP contribution >= 0.6 is 0 Å². The van der Waals surface area contributed by atoms with Crippen molar-refractivity contribution in [3.63, 3.8) is 0 Å². The Morgan fingerprint density at radius 3 is 1.89 bits per heavy atom. The van der Waals surface area contributed by atoms with Crippen LogP contribution in [0.5, 0.6) is 5.75 Å². The van der Waals surface area contributed by atoms with E-state index >= 15 is 0 Å². The zero-order valence-electron chi connectivity index (χ0n) is 13.0. The van der Waals surface area contributed by atoms with Gasteiger partial charge < -0.3 is 10.1 Å². The van der Waals surface area contributed by atoms with Gasteiger partial charge in [-0.3, -0.25) is 9.53 Å². The van der Waals surface area contributed by atoms with Crippen LogP contribution in [0.15, 0.2) is 24.3 Å². The predicted octanol–water partition coefficient (Wildman–Crippen LogP) is 4.67. The molecule has 1 amide bonds. The van der Waals surface area contributed by atoms with E-state index in [1.54, 1.807) is 0 Å². The average molecular weight is 435 g/mol. The standard InChI is InChI=1S/C13H8F11NO3/c14-5-8(26)25-6-1-3-7(4-2-6)27-10(16,17)9(15)28-13(23,24)11(18,19)12(20,21)22/h1-4,9H,5H2,(H,25,26). The smallest absolute Gasteiger partial charge is 0.429 e. The van der Waals surface area contributed by atoms with Crippen molar-refractivity contribution in [3.05, 3.63) is 24.3 Å². The summed E-state index contributed by atoms with van der Waals surface area (Å²) in [6.45, 7) is -1.42. The molecule has 28 heavy (non-hydrogen) atoms. The summed E-state index contributed by atoms with van der Waals surface area (Å²) in [7, 11) is 0. The number of amides is 1. The number of halogens is 11. The Morgan fingerprint density at radius 1 is 0.964 bits per heavy atom. The highest BCUT2D eigenvalue weighted by molar-refractivity contribution is 5.91. The highest BCUT2D eigenvalue weighted by atomic mass is 19.4. The third kappa shape index (κ3) is 5.36. The molecule has 0 aliphatic heterocycles. The number of rotatable bonds is 8. The Bertz CT molecular complexity index is 675.